The van der Waals surface area contributed by atoms with E-state index in [9.17, 15) is 0 Å². The van der Waals surface area contributed by atoms with Crippen LogP contribution in [0.1, 0.15) is 32.6 Å². The predicted molar refractivity (Wildman–Crippen MR) is 40.4 cm³/mol. The lowest BCUT2D eigenvalue weighted by Crippen LogP contribution is -1.99. The van der Waals surface area contributed by atoms with Crippen LogP contribution in [0.15, 0.2) is 0 Å². The van der Waals surface area contributed by atoms with Crippen LogP contribution < -0.4 is 0 Å². The number of hydrogen-bond donors (Lipinski definition) is 1. The van der Waals surface area contributed by atoms with Gasteiger partial charge in [0.25, 0.3) is 0 Å². The first-order valence-electron chi connectivity index (χ1n) is 3.44. The van der Waals surface area contributed by atoms with Gasteiger partial charge in [0, 0.05) is 0 Å². The van der Waals surface area contributed by atoms with Crippen molar-refractivity contribution in [2.75, 3.05) is 5.75 Å². The van der Waals surface area contributed by atoms with Crippen molar-refractivity contribution in [3.63, 3.8) is 0 Å². The molecule has 0 N–H and O–H groups in total. The van der Waals surface area contributed by atoms with Gasteiger partial charge in [0.05, 0.1) is 0 Å². The van der Waals surface area contributed by atoms with Crippen molar-refractivity contribution in [1.82, 2.24) is 0 Å². The van der Waals surface area contributed by atoms with Gasteiger partial charge in [0.15, 0.2) is 0 Å². The fourth-order valence-corrected chi connectivity index (χ4v) is 1.67. The third-order valence-electron chi connectivity index (χ3n) is 2.07. The van der Waals surface area contributed by atoms with Crippen LogP contribution in [0.4, 0.5) is 0 Å². The zero-order valence-electron chi connectivity index (χ0n) is 5.48. The molecule has 0 aromatic heterocycles. The quantitative estimate of drug-likeness (QED) is 0.557. The Balaban J connectivity index is 2.20. The van der Waals surface area contributed by atoms with Crippen molar-refractivity contribution >= 4 is 12.6 Å². The molecule has 1 aliphatic carbocycles. The Bertz CT molecular complexity index is 74.5. The van der Waals surface area contributed by atoms with Crippen LogP contribution in [0.3, 0.4) is 0 Å². The van der Waals surface area contributed by atoms with E-state index >= 15 is 0 Å². The number of hydrogen-bond acceptors (Lipinski definition) is 1. The highest BCUT2D eigenvalue weighted by Crippen LogP contribution is 2.50. The monoisotopic (exact) mass is 130 g/mol. The van der Waals surface area contributed by atoms with Crippen molar-refractivity contribution in [2.45, 2.75) is 32.6 Å². The smallest absolute Gasteiger partial charge is 0.00412 e. The molecule has 1 heteroatoms. The van der Waals surface area contributed by atoms with Crippen LogP contribution in [0, 0.1) is 5.41 Å². The molecular weight excluding hydrogens is 116 g/mol. The highest BCUT2D eigenvalue weighted by molar-refractivity contribution is 7.80. The minimum atomic E-state index is 0.706. The maximum absolute atomic E-state index is 4.30. The van der Waals surface area contributed by atoms with Crippen molar-refractivity contribution in [1.29, 1.82) is 0 Å². The molecule has 0 bridgehead atoms. The van der Waals surface area contributed by atoms with Gasteiger partial charge >= 0.3 is 0 Å². The predicted octanol–water partition coefficient (Wildman–Crippen LogP) is 2.50. The van der Waals surface area contributed by atoms with Gasteiger partial charge in [0.1, 0.15) is 0 Å². The van der Waals surface area contributed by atoms with Gasteiger partial charge in [-0.25, -0.2) is 0 Å². The third-order valence-corrected chi connectivity index (χ3v) is 2.74. The molecule has 0 aromatic carbocycles. The highest BCUT2D eigenvalue weighted by atomic mass is 32.1. The normalized spacial score (nSPS) is 23.2. The fraction of sp³-hybridized carbons (Fsp3) is 1.00. The lowest BCUT2D eigenvalue weighted by molar-refractivity contribution is 0.521. The molecule has 0 spiro atoms. The molecule has 0 unspecified atom stereocenters. The molecule has 0 amide bonds. The molecule has 1 aliphatic rings. The average Bonchev–Trinajstić information content (AvgIpc) is 2.50. The summed E-state index contributed by atoms with van der Waals surface area (Å²) in [4.78, 5) is 0. The Kier molecular flexibility index (Phi) is 1.86. The van der Waals surface area contributed by atoms with Crippen LogP contribution >= 0.6 is 12.6 Å². The molecule has 0 nitrogen and oxygen atoms in total. The number of rotatable bonds is 3. The summed E-state index contributed by atoms with van der Waals surface area (Å²) in [6.07, 6.45) is 5.60. The minimum absolute atomic E-state index is 0.706. The average molecular weight is 130 g/mol. The van der Waals surface area contributed by atoms with Gasteiger partial charge in [-0.3, -0.25) is 0 Å². The van der Waals surface area contributed by atoms with E-state index in [4.69, 9.17) is 0 Å². The lowest BCUT2D eigenvalue weighted by atomic mass is 10.0. The molecular formula is C7H14S. The summed E-state index contributed by atoms with van der Waals surface area (Å²) in [6, 6.07) is 0. The van der Waals surface area contributed by atoms with E-state index in [-0.39, 0.29) is 0 Å². The topological polar surface area (TPSA) is 0 Å². The summed E-state index contributed by atoms with van der Waals surface area (Å²) in [5, 5.41) is 0. The van der Waals surface area contributed by atoms with E-state index in [0.29, 0.717) is 5.41 Å². The molecule has 0 aliphatic heterocycles. The molecule has 1 rings (SSSR count). The summed E-state index contributed by atoms with van der Waals surface area (Å²) < 4.78 is 0. The van der Waals surface area contributed by atoms with E-state index < -0.39 is 0 Å². The van der Waals surface area contributed by atoms with Crippen LogP contribution in [0.25, 0.3) is 0 Å². The fourth-order valence-electron chi connectivity index (χ4n) is 1.19. The second kappa shape index (κ2) is 2.30. The zero-order chi connectivity index (χ0) is 6.04. The zero-order valence-corrected chi connectivity index (χ0v) is 6.38. The molecule has 0 aromatic rings. The van der Waals surface area contributed by atoms with Crippen LogP contribution in [-0.4, -0.2) is 5.75 Å². The summed E-state index contributed by atoms with van der Waals surface area (Å²) in [5.74, 6) is 1.11. The molecule has 0 heterocycles. The van der Waals surface area contributed by atoms with E-state index in [0.717, 1.165) is 5.75 Å². The van der Waals surface area contributed by atoms with E-state index in [1.54, 1.807) is 0 Å². The van der Waals surface area contributed by atoms with Crippen molar-refractivity contribution in [3.05, 3.63) is 0 Å². The second-order valence-corrected chi connectivity index (χ2v) is 3.22. The highest BCUT2D eigenvalue weighted by Gasteiger charge is 2.39. The molecule has 1 saturated carbocycles. The van der Waals surface area contributed by atoms with Gasteiger partial charge in [-0.2, -0.15) is 12.6 Å². The van der Waals surface area contributed by atoms with Crippen molar-refractivity contribution in [2.24, 2.45) is 5.41 Å². The molecule has 0 atom stereocenters. The first-order chi connectivity index (χ1) is 3.83. The summed E-state index contributed by atoms with van der Waals surface area (Å²) >= 11 is 4.30. The standard InChI is InChI=1S/C7H14S/c1-2-3-7(6-8)4-5-7/h8H,2-6H2,1H3. The first-order valence-corrected chi connectivity index (χ1v) is 4.07. The minimum Gasteiger partial charge on any atom is -0.179 e. The Hall–Kier alpha value is 0.350. The number of thiol groups is 1. The summed E-state index contributed by atoms with van der Waals surface area (Å²) in [6.45, 7) is 2.25. The van der Waals surface area contributed by atoms with E-state index in [1.807, 2.05) is 0 Å². The summed E-state index contributed by atoms with van der Waals surface area (Å²) in [7, 11) is 0. The van der Waals surface area contributed by atoms with Crippen LogP contribution in [-0.2, 0) is 0 Å². The molecule has 0 radical (unpaired) electrons. The van der Waals surface area contributed by atoms with Crippen LogP contribution in [0.5, 0.6) is 0 Å². The van der Waals surface area contributed by atoms with E-state index in [1.165, 1.54) is 25.7 Å². The summed E-state index contributed by atoms with van der Waals surface area (Å²) in [5.41, 5.74) is 0.706. The Morgan fingerprint density at radius 2 is 2.12 bits per heavy atom. The van der Waals surface area contributed by atoms with Gasteiger partial charge < -0.3 is 0 Å². The van der Waals surface area contributed by atoms with Crippen molar-refractivity contribution in [3.8, 4) is 0 Å². The van der Waals surface area contributed by atoms with Gasteiger partial charge in [-0.1, -0.05) is 13.3 Å². The van der Waals surface area contributed by atoms with Gasteiger partial charge in [0.2, 0.25) is 0 Å². The Labute approximate surface area is 57.1 Å². The van der Waals surface area contributed by atoms with Crippen molar-refractivity contribution < 1.29 is 0 Å². The SMILES string of the molecule is CCCC1(CS)CC1. The molecule has 1 fully saturated rings. The maximum atomic E-state index is 4.30. The maximum Gasteiger partial charge on any atom is -0.00412 e. The van der Waals surface area contributed by atoms with E-state index in [2.05, 4.69) is 19.6 Å². The van der Waals surface area contributed by atoms with Gasteiger partial charge in [-0.15, -0.1) is 0 Å². The Morgan fingerprint density at radius 3 is 2.25 bits per heavy atom. The lowest BCUT2D eigenvalue weighted by Gasteiger charge is -2.07. The largest absolute Gasteiger partial charge is 0.179 e. The molecule has 48 valence electrons. The second-order valence-electron chi connectivity index (χ2n) is 2.91. The van der Waals surface area contributed by atoms with Gasteiger partial charge in [-0.05, 0) is 30.4 Å². The molecule has 0 saturated heterocycles. The van der Waals surface area contributed by atoms with Crippen LogP contribution in [0.2, 0.25) is 0 Å². The first kappa shape index (κ1) is 6.47. The third kappa shape index (κ3) is 1.19. The molecule has 8 heavy (non-hydrogen) atoms. The Morgan fingerprint density at radius 1 is 1.50 bits per heavy atom.